The van der Waals surface area contributed by atoms with Crippen molar-refractivity contribution in [3.05, 3.63) is 15.6 Å². The number of hydrogen-bond donors (Lipinski definition) is 0. The maximum absolute atomic E-state index is 12.6. The largest absolute Gasteiger partial charge is 0.338 e. The van der Waals surface area contributed by atoms with Crippen LogP contribution in [0.4, 0.5) is 0 Å². The van der Waals surface area contributed by atoms with Crippen LogP contribution in [0.3, 0.4) is 0 Å². The summed E-state index contributed by atoms with van der Waals surface area (Å²) in [7, 11) is -1.57. The standard InChI is InChI=1S/C14H23N3O3S2/c1-5-12-15-10(2)13(21-12)14(18)17-8-6-11(7-9-17)16(3)22(4,19)20/h11H,5-9H2,1-4H3. The fourth-order valence-electron chi connectivity index (χ4n) is 2.65. The molecule has 8 heteroatoms. The highest BCUT2D eigenvalue weighted by Crippen LogP contribution is 2.24. The smallest absolute Gasteiger partial charge is 0.265 e. The quantitative estimate of drug-likeness (QED) is 0.829. The van der Waals surface area contributed by atoms with Crippen LogP contribution in [-0.2, 0) is 16.4 Å². The number of likely N-dealkylation sites (tertiary alicyclic amines) is 1. The molecular weight excluding hydrogens is 322 g/mol. The van der Waals surface area contributed by atoms with E-state index in [4.69, 9.17) is 0 Å². The number of carbonyl (C=O) groups is 1. The zero-order chi connectivity index (χ0) is 16.5. The average molecular weight is 345 g/mol. The minimum atomic E-state index is -3.18. The van der Waals surface area contributed by atoms with E-state index in [1.165, 1.54) is 21.9 Å². The van der Waals surface area contributed by atoms with Crippen molar-refractivity contribution in [2.24, 2.45) is 0 Å². The Morgan fingerprint density at radius 1 is 1.41 bits per heavy atom. The molecule has 0 bridgehead atoms. The lowest BCUT2D eigenvalue weighted by Gasteiger charge is -2.35. The molecule has 22 heavy (non-hydrogen) atoms. The first-order chi connectivity index (χ1) is 10.2. The summed E-state index contributed by atoms with van der Waals surface area (Å²) in [6.45, 7) is 5.07. The van der Waals surface area contributed by atoms with Gasteiger partial charge in [-0.15, -0.1) is 11.3 Å². The molecule has 1 amide bonds. The number of aryl methyl sites for hydroxylation is 2. The number of piperidine rings is 1. The van der Waals surface area contributed by atoms with Crippen molar-refractivity contribution in [3.63, 3.8) is 0 Å². The average Bonchev–Trinajstić information content (AvgIpc) is 2.86. The van der Waals surface area contributed by atoms with Gasteiger partial charge in [-0.2, -0.15) is 0 Å². The van der Waals surface area contributed by atoms with Crippen molar-refractivity contribution in [2.45, 2.75) is 39.2 Å². The number of nitrogens with zero attached hydrogens (tertiary/aromatic N) is 3. The molecule has 1 saturated heterocycles. The molecule has 1 aromatic rings. The number of carbonyl (C=O) groups excluding carboxylic acids is 1. The summed E-state index contributed by atoms with van der Waals surface area (Å²) in [5.74, 6) is 0.0233. The van der Waals surface area contributed by atoms with Crippen molar-refractivity contribution in [1.29, 1.82) is 0 Å². The van der Waals surface area contributed by atoms with Crippen LogP contribution in [0.25, 0.3) is 0 Å². The van der Waals surface area contributed by atoms with E-state index < -0.39 is 10.0 Å². The van der Waals surface area contributed by atoms with Gasteiger partial charge in [0, 0.05) is 26.2 Å². The summed E-state index contributed by atoms with van der Waals surface area (Å²) in [4.78, 5) is 19.5. The van der Waals surface area contributed by atoms with Gasteiger partial charge < -0.3 is 4.90 Å². The van der Waals surface area contributed by atoms with Crippen molar-refractivity contribution >= 4 is 27.3 Å². The van der Waals surface area contributed by atoms with E-state index >= 15 is 0 Å². The van der Waals surface area contributed by atoms with Crippen LogP contribution in [-0.4, -0.2) is 60.9 Å². The van der Waals surface area contributed by atoms with Gasteiger partial charge in [-0.3, -0.25) is 4.79 Å². The van der Waals surface area contributed by atoms with Crippen LogP contribution in [0.2, 0.25) is 0 Å². The van der Waals surface area contributed by atoms with Crippen LogP contribution >= 0.6 is 11.3 Å². The summed E-state index contributed by atoms with van der Waals surface area (Å²) in [6.07, 6.45) is 3.40. The van der Waals surface area contributed by atoms with E-state index in [2.05, 4.69) is 4.98 Å². The summed E-state index contributed by atoms with van der Waals surface area (Å²) >= 11 is 1.46. The first-order valence-electron chi connectivity index (χ1n) is 7.42. The molecule has 124 valence electrons. The molecule has 0 saturated carbocycles. The molecule has 0 spiro atoms. The lowest BCUT2D eigenvalue weighted by molar-refractivity contribution is 0.0690. The van der Waals surface area contributed by atoms with Crippen LogP contribution in [0, 0.1) is 6.92 Å². The molecule has 0 radical (unpaired) electrons. The molecule has 1 aromatic heterocycles. The van der Waals surface area contributed by atoms with E-state index in [0.29, 0.717) is 30.8 Å². The van der Waals surface area contributed by atoms with Crippen LogP contribution < -0.4 is 0 Å². The third kappa shape index (κ3) is 3.67. The maximum Gasteiger partial charge on any atom is 0.265 e. The highest BCUT2D eigenvalue weighted by molar-refractivity contribution is 7.88. The molecule has 0 aromatic carbocycles. The van der Waals surface area contributed by atoms with Crippen LogP contribution in [0.1, 0.15) is 40.1 Å². The van der Waals surface area contributed by atoms with Crippen LogP contribution in [0.5, 0.6) is 0 Å². The van der Waals surface area contributed by atoms with Gasteiger partial charge in [-0.1, -0.05) is 6.92 Å². The first-order valence-corrected chi connectivity index (χ1v) is 10.1. The maximum atomic E-state index is 12.6. The molecule has 2 heterocycles. The van der Waals surface area contributed by atoms with Gasteiger partial charge in [0.15, 0.2) is 0 Å². The SMILES string of the molecule is CCc1nc(C)c(C(=O)N2CCC(N(C)S(C)(=O)=O)CC2)s1. The Balaban J connectivity index is 2.02. The van der Waals surface area contributed by atoms with E-state index in [9.17, 15) is 13.2 Å². The topological polar surface area (TPSA) is 70.6 Å². The minimum absolute atomic E-state index is 0.0205. The molecule has 0 atom stereocenters. The number of amides is 1. The molecule has 2 rings (SSSR count). The minimum Gasteiger partial charge on any atom is -0.338 e. The number of thiazole rings is 1. The Labute approximate surface area is 136 Å². The Kier molecular flexibility index (Phi) is 5.24. The van der Waals surface area contributed by atoms with Gasteiger partial charge in [0.1, 0.15) is 4.88 Å². The summed E-state index contributed by atoms with van der Waals surface area (Å²) in [5, 5.41) is 0.979. The normalized spacial score (nSPS) is 17.2. The zero-order valence-corrected chi connectivity index (χ0v) is 15.1. The second kappa shape index (κ2) is 6.64. The van der Waals surface area contributed by atoms with Gasteiger partial charge in [-0.05, 0) is 26.2 Å². The molecule has 1 aliphatic rings. The van der Waals surface area contributed by atoms with Crippen LogP contribution in [0.15, 0.2) is 0 Å². The summed E-state index contributed by atoms with van der Waals surface area (Å²) in [6, 6.07) is -0.0205. The molecule has 0 aliphatic carbocycles. The third-order valence-corrected chi connectivity index (χ3v) is 6.76. The second-order valence-corrected chi connectivity index (χ2v) is 8.80. The van der Waals surface area contributed by atoms with Crippen molar-refractivity contribution < 1.29 is 13.2 Å². The van der Waals surface area contributed by atoms with Gasteiger partial charge in [-0.25, -0.2) is 17.7 Å². The monoisotopic (exact) mass is 345 g/mol. The van der Waals surface area contributed by atoms with E-state index in [-0.39, 0.29) is 11.9 Å². The number of rotatable bonds is 4. The summed E-state index contributed by atoms with van der Waals surface area (Å²) in [5.41, 5.74) is 0.794. The Morgan fingerprint density at radius 3 is 2.45 bits per heavy atom. The number of hydrogen-bond acceptors (Lipinski definition) is 5. The number of sulfonamides is 1. The Hall–Kier alpha value is -0.990. The zero-order valence-electron chi connectivity index (χ0n) is 13.5. The van der Waals surface area contributed by atoms with Gasteiger partial charge in [0.25, 0.3) is 5.91 Å². The predicted molar refractivity (Wildman–Crippen MR) is 87.8 cm³/mol. The van der Waals surface area contributed by atoms with Crippen molar-refractivity contribution in [3.8, 4) is 0 Å². The molecular formula is C14H23N3O3S2. The van der Waals surface area contributed by atoms with Gasteiger partial charge in [0.05, 0.1) is 17.0 Å². The fraction of sp³-hybridized carbons (Fsp3) is 0.714. The highest BCUT2D eigenvalue weighted by atomic mass is 32.2. The lowest BCUT2D eigenvalue weighted by atomic mass is 10.1. The summed E-state index contributed by atoms with van der Waals surface area (Å²) < 4.78 is 24.6. The predicted octanol–water partition coefficient (Wildman–Crippen LogP) is 1.51. The fourth-order valence-corrected chi connectivity index (χ4v) is 4.37. The van der Waals surface area contributed by atoms with E-state index in [1.807, 2.05) is 18.7 Å². The van der Waals surface area contributed by atoms with Gasteiger partial charge >= 0.3 is 0 Å². The molecule has 1 fully saturated rings. The van der Waals surface area contributed by atoms with Crippen molar-refractivity contribution in [1.82, 2.24) is 14.2 Å². The highest BCUT2D eigenvalue weighted by Gasteiger charge is 2.30. The lowest BCUT2D eigenvalue weighted by Crippen LogP contribution is -2.47. The Morgan fingerprint density at radius 2 is 2.00 bits per heavy atom. The third-order valence-electron chi connectivity index (χ3n) is 4.13. The van der Waals surface area contributed by atoms with Gasteiger partial charge in [0.2, 0.25) is 10.0 Å². The van der Waals surface area contributed by atoms with E-state index in [0.717, 1.165) is 17.1 Å². The first kappa shape index (κ1) is 17.4. The Bertz CT molecular complexity index is 646. The molecule has 0 N–H and O–H groups in total. The van der Waals surface area contributed by atoms with Crippen molar-refractivity contribution in [2.75, 3.05) is 26.4 Å². The second-order valence-electron chi connectivity index (χ2n) is 5.68. The molecule has 0 unspecified atom stereocenters. The molecule has 1 aliphatic heterocycles. The number of aromatic nitrogens is 1. The van der Waals surface area contributed by atoms with E-state index in [1.54, 1.807) is 7.05 Å². The molecule has 6 nitrogen and oxygen atoms in total.